The summed E-state index contributed by atoms with van der Waals surface area (Å²) >= 11 is 0. The van der Waals surface area contributed by atoms with Crippen molar-refractivity contribution in [1.29, 1.82) is 0 Å². The molecule has 0 aromatic heterocycles. The van der Waals surface area contributed by atoms with Crippen LogP contribution in [0, 0.1) is 24.0 Å². The van der Waals surface area contributed by atoms with Crippen molar-refractivity contribution in [2.75, 3.05) is 26.2 Å². The molecule has 0 amide bonds. The Hall–Kier alpha value is -1.55. The summed E-state index contributed by atoms with van der Waals surface area (Å²) in [5, 5.41) is 11.2. The van der Waals surface area contributed by atoms with Crippen LogP contribution < -0.4 is 5.73 Å². The van der Waals surface area contributed by atoms with Crippen LogP contribution in [-0.4, -0.2) is 50.0 Å². The van der Waals surface area contributed by atoms with E-state index < -0.39 is 26.7 Å². The number of hydrogen-bond acceptors (Lipinski definition) is 6. The van der Waals surface area contributed by atoms with Gasteiger partial charge in [-0.2, -0.15) is 4.31 Å². The van der Waals surface area contributed by atoms with Gasteiger partial charge in [-0.25, -0.2) is 8.42 Å². The number of nitrogens with two attached hydrogens (primary N) is 1. The number of aryl methyl sites for hydroxylation is 2. The van der Waals surface area contributed by atoms with Crippen LogP contribution in [0.2, 0.25) is 0 Å². The first-order valence-corrected chi connectivity index (χ1v) is 8.29. The summed E-state index contributed by atoms with van der Waals surface area (Å²) in [7, 11) is -3.96. The molecule has 9 heteroatoms. The van der Waals surface area contributed by atoms with Gasteiger partial charge < -0.3 is 10.5 Å². The fourth-order valence-corrected chi connectivity index (χ4v) is 4.00. The van der Waals surface area contributed by atoms with Gasteiger partial charge in [0.1, 0.15) is 0 Å². The van der Waals surface area contributed by atoms with Gasteiger partial charge in [-0.3, -0.25) is 10.1 Å². The van der Waals surface area contributed by atoms with Crippen LogP contribution in [0.1, 0.15) is 11.1 Å². The summed E-state index contributed by atoms with van der Waals surface area (Å²) in [4.78, 5) is 10.3. The van der Waals surface area contributed by atoms with Crippen molar-refractivity contribution in [3.63, 3.8) is 0 Å². The fraction of sp³-hybridized carbons (Fsp3) is 0.538. The minimum absolute atomic E-state index is 0.100. The summed E-state index contributed by atoms with van der Waals surface area (Å²) < 4.78 is 32.1. The molecule has 1 aliphatic rings. The van der Waals surface area contributed by atoms with Crippen molar-refractivity contribution in [1.82, 2.24) is 4.31 Å². The first kappa shape index (κ1) is 16.8. The van der Waals surface area contributed by atoms with Crippen molar-refractivity contribution in [2.24, 2.45) is 5.73 Å². The molecule has 8 nitrogen and oxygen atoms in total. The third kappa shape index (κ3) is 3.12. The Morgan fingerprint density at radius 3 is 2.64 bits per heavy atom. The lowest BCUT2D eigenvalue weighted by atomic mass is 10.1. The largest absolute Gasteiger partial charge is 0.374 e. The average Bonchev–Trinajstić information content (AvgIpc) is 2.49. The highest BCUT2D eigenvalue weighted by Crippen LogP contribution is 2.30. The van der Waals surface area contributed by atoms with Crippen molar-refractivity contribution in [3.8, 4) is 0 Å². The zero-order valence-corrected chi connectivity index (χ0v) is 13.3. The van der Waals surface area contributed by atoms with E-state index in [0.29, 0.717) is 11.1 Å². The van der Waals surface area contributed by atoms with E-state index in [-0.39, 0.29) is 31.1 Å². The molecule has 1 aromatic carbocycles. The Kier molecular flexibility index (Phi) is 4.81. The molecule has 1 heterocycles. The third-order valence-electron chi connectivity index (χ3n) is 3.75. The maximum absolute atomic E-state index is 12.8. The Balaban J connectivity index is 2.49. The Labute approximate surface area is 129 Å². The number of nitrogens with zero attached hydrogens (tertiary/aromatic N) is 2. The number of rotatable bonds is 4. The summed E-state index contributed by atoms with van der Waals surface area (Å²) in [5.41, 5.74) is 6.47. The van der Waals surface area contributed by atoms with E-state index in [1.165, 1.54) is 16.4 Å². The van der Waals surface area contributed by atoms with E-state index in [9.17, 15) is 18.5 Å². The van der Waals surface area contributed by atoms with E-state index in [2.05, 4.69) is 0 Å². The molecule has 2 N–H and O–H groups in total. The van der Waals surface area contributed by atoms with Crippen molar-refractivity contribution in [2.45, 2.75) is 24.8 Å². The predicted octanol–water partition coefficient (Wildman–Crippen LogP) is 0.560. The second kappa shape index (κ2) is 6.29. The van der Waals surface area contributed by atoms with Crippen LogP contribution in [0.5, 0.6) is 0 Å². The highest BCUT2D eigenvalue weighted by molar-refractivity contribution is 7.89. The normalized spacial score (nSPS) is 20.0. The van der Waals surface area contributed by atoms with Gasteiger partial charge in [-0.05, 0) is 31.0 Å². The quantitative estimate of drug-likeness (QED) is 0.637. The molecular weight excluding hydrogens is 310 g/mol. The average molecular weight is 329 g/mol. The number of sulfonamides is 1. The minimum atomic E-state index is -3.96. The lowest BCUT2D eigenvalue weighted by Gasteiger charge is -2.31. The first-order chi connectivity index (χ1) is 10.3. The molecular formula is C13H19N3O5S. The third-order valence-corrected chi connectivity index (χ3v) is 5.65. The van der Waals surface area contributed by atoms with Crippen molar-refractivity contribution in [3.05, 3.63) is 33.4 Å². The van der Waals surface area contributed by atoms with Gasteiger partial charge in [0.2, 0.25) is 10.0 Å². The minimum Gasteiger partial charge on any atom is -0.374 e. The molecule has 1 fully saturated rings. The highest BCUT2D eigenvalue weighted by atomic mass is 32.2. The molecule has 1 saturated heterocycles. The van der Waals surface area contributed by atoms with E-state index in [0.717, 1.165) is 0 Å². The molecule has 122 valence electrons. The lowest BCUT2D eigenvalue weighted by molar-refractivity contribution is -0.387. The molecule has 0 saturated carbocycles. The van der Waals surface area contributed by atoms with E-state index >= 15 is 0 Å². The number of hydrogen-bond donors (Lipinski definition) is 1. The van der Waals surface area contributed by atoms with Crippen molar-refractivity contribution < 1.29 is 18.1 Å². The number of nitro groups is 1. The molecule has 1 aliphatic heterocycles. The molecule has 2 rings (SSSR count). The van der Waals surface area contributed by atoms with Gasteiger partial charge in [0, 0.05) is 25.7 Å². The van der Waals surface area contributed by atoms with E-state index in [1.54, 1.807) is 13.8 Å². The van der Waals surface area contributed by atoms with Gasteiger partial charge in [-0.15, -0.1) is 0 Å². The van der Waals surface area contributed by atoms with Crippen LogP contribution >= 0.6 is 0 Å². The van der Waals surface area contributed by atoms with E-state index in [1.807, 2.05) is 0 Å². The van der Waals surface area contributed by atoms with Crippen molar-refractivity contribution >= 4 is 15.7 Å². The van der Waals surface area contributed by atoms with Crippen LogP contribution in [0.4, 0.5) is 5.69 Å². The number of nitro benzene ring substituents is 1. The highest BCUT2D eigenvalue weighted by Gasteiger charge is 2.35. The Morgan fingerprint density at radius 1 is 1.41 bits per heavy atom. The molecule has 1 unspecified atom stereocenters. The van der Waals surface area contributed by atoms with Crippen LogP contribution in [0.25, 0.3) is 0 Å². The Morgan fingerprint density at radius 2 is 2.05 bits per heavy atom. The second-order valence-electron chi connectivity index (χ2n) is 5.25. The molecule has 0 radical (unpaired) electrons. The standard InChI is InChI=1S/C13H19N3O5S/c1-9-5-12(16(17)18)13(6-10(9)2)22(19,20)15-3-4-21-11(7-14)8-15/h5-6,11H,3-4,7-8,14H2,1-2H3. The zero-order valence-electron chi connectivity index (χ0n) is 12.5. The molecule has 0 bridgehead atoms. The number of benzene rings is 1. The molecule has 0 aliphatic carbocycles. The first-order valence-electron chi connectivity index (χ1n) is 6.85. The zero-order chi connectivity index (χ0) is 16.5. The summed E-state index contributed by atoms with van der Waals surface area (Å²) in [6.45, 7) is 4.10. The van der Waals surface area contributed by atoms with Crippen LogP contribution in [0.3, 0.4) is 0 Å². The van der Waals surface area contributed by atoms with Gasteiger partial charge in [0.25, 0.3) is 5.69 Å². The smallest absolute Gasteiger partial charge is 0.289 e. The van der Waals surface area contributed by atoms with Crippen LogP contribution in [-0.2, 0) is 14.8 Å². The van der Waals surface area contributed by atoms with Gasteiger partial charge in [0.15, 0.2) is 4.90 Å². The maximum Gasteiger partial charge on any atom is 0.289 e. The lowest BCUT2D eigenvalue weighted by Crippen LogP contribution is -2.48. The topological polar surface area (TPSA) is 116 Å². The maximum atomic E-state index is 12.8. The molecule has 22 heavy (non-hydrogen) atoms. The van der Waals surface area contributed by atoms with Gasteiger partial charge in [0.05, 0.1) is 17.6 Å². The second-order valence-corrected chi connectivity index (χ2v) is 7.16. The molecule has 1 aromatic rings. The molecule has 0 spiro atoms. The summed E-state index contributed by atoms with van der Waals surface area (Å²) in [5.74, 6) is 0. The number of morpholine rings is 1. The van der Waals surface area contributed by atoms with E-state index in [4.69, 9.17) is 10.5 Å². The predicted molar refractivity (Wildman–Crippen MR) is 80.1 cm³/mol. The Bertz CT molecular complexity index is 689. The van der Waals surface area contributed by atoms with Gasteiger partial charge in [-0.1, -0.05) is 0 Å². The van der Waals surface area contributed by atoms with Crippen LogP contribution in [0.15, 0.2) is 17.0 Å². The SMILES string of the molecule is Cc1cc([N+](=O)[O-])c(S(=O)(=O)N2CCOC(CN)C2)cc1C. The fourth-order valence-electron chi connectivity index (χ4n) is 2.32. The van der Waals surface area contributed by atoms with Gasteiger partial charge >= 0.3 is 0 Å². The summed E-state index contributed by atoms with van der Waals surface area (Å²) in [6.07, 6.45) is -0.394. The molecule has 1 atom stereocenters. The monoisotopic (exact) mass is 329 g/mol. The summed E-state index contributed by atoms with van der Waals surface area (Å²) in [6, 6.07) is 2.65. The number of ether oxygens (including phenoxy) is 1.